The van der Waals surface area contributed by atoms with E-state index < -0.39 is 0 Å². The number of unbranched alkanes of at least 4 members (excludes halogenated alkanes) is 2. The van der Waals surface area contributed by atoms with Crippen LogP contribution >= 0.6 is 0 Å². The van der Waals surface area contributed by atoms with Crippen molar-refractivity contribution < 1.29 is 4.79 Å². The highest BCUT2D eigenvalue weighted by molar-refractivity contribution is 5.98. The van der Waals surface area contributed by atoms with Gasteiger partial charge in [-0.05, 0) is 25.5 Å². The van der Waals surface area contributed by atoms with Crippen LogP contribution in [-0.4, -0.2) is 18.5 Å². The molecule has 1 aromatic carbocycles. The average molecular weight is 246 g/mol. The van der Waals surface area contributed by atoms with E-state index in [9.17, 15) is 4.79 Å². The zero-order chi connectivity index (χ0) is 13.0. The molecule has 0 aliphatic carbocycles. The van der Waals surface area contributed by atoms with Crippen molar-refractivity contribution >= 4 is 17.3 Å². The van der Waals surface area contributed by atoms with E-state index in [4.69, 9.17) is 0 Å². The number of rotatable bonds is 4. The van der Waals surface area contributed by atoms with Gasteiger partial charge >= 0.3 is 0 Å². The Morgan fingerprint density at radius 1 is 1.33 bits per heavy atom. The largest absolute Gasteiger partial charge is 0.380 e. The van der Waals surface area contributed by atoms with Crippen molar-refractivity contribution in [3.8, 4) is 0 Å². The van der Waals surface area contributed by atoms with E-state index in [1.54, 1.807) is 0 Å². The van der Waals surface area contributed by atoms with Crippen LogP contribution in [0, 0.1) is 0 Å². The number of fused-ring (bicyclic) bond motifs is 1. The quantitative estimate of drug-likeness (QED) is 0.826. The first-order chi connectivity index (χ1) is 8.72. The van der Waals surface area contributed by atoms with E-state index in [1.807, 2.05) is 23.1 Å². The third kappa shape index (κ3) is 2.84. The molecule has 0 unspecified atom stereocenters. The Morgan fingerprint density at radius 3 is 2.89 bits per heavy atom. The molecular weight excluding hydrogens is 224 g/mol. The van der Waals surface area contributed by atoms with Crippen molar-refractivity contribution in [1.82, 2.24) is 0 Å². The van der Waals surface area contributed by atoms with Gasteiger partial charge < -0.3 is 10.2 Å². The number of hydrogen-bond acceptors (Lipinski definition) is 2. The van der Waals surface area contributed by atoms with Crippen molar-refractivity contribution in [2.75, 3.05) is 16.8 Å². The van der Waals surface area contributed by atoms with Gasteiger partial charge in [-0.2, -0.15) is 0 Å². The fourth-order valence-corrected chi connectivity index (χ4v) is 2.42. The van der Waals surface area contributed by atoms with Gasteiger partial charge in [0.2, 0.25) is 5.91 Å². The van der Waals surface area contributed by atoms with Gasteiger partial charge in [-0.15, -0.1) is 0 Å². The Hall–Kier alpha value is -1.51. The minimum Gasteiger partial charge on any atom is -0.380 e. The topological polar surface area (TPSA) is 32.3 Å². The second kappa shape index (κ2) is 5.89. The fourth-order valence-electron chi connectivity index (χ4n) is 2.42. The molecule has 0 aromatic heterocycles. The number of benzene rings is 1. The maximum absolute atomic E-state index is 12.3. The van der Waals surface area contributed by atoms with Gasteiger partial charge in [0.1, 0.15) is 0 Å². The molecule has 0 saturated carbocycles. The number of carbonyl (C=O) groups is 1. The van der Waals surface area contributed by atoms with E-state index in [0.29, 0.717) is 6.42 Å². The maximum Gasteiger partial charge on any atom is 0.229 e. The lowest BCUT2D eigenvalue weighted by Crippen LogP contribution is -2.32. The maximum atomic E-state index is 12.3. The smallest absolute Gasteiger partial charge is 0.229 e. The number of anilines is 2. The molecule has 1 N–H and O–H groups in total. The molecular formula is C15H22N2O. The molecule has 18 heavy (non-hydrogen) atoms. The molecule has 0 spiro atoms. The molecule has 1 aliphatic rings. The molecule has 1 aromatic rings. The normalized spacial score (nSPS) is 19.1. The lowest BCUT2D eigenvalue weighted by Gasteiger charge is -2.22. The molecule has 2 rings (SSSR count). The Balaban J connectivity index is 2.22. The van der Waals surface area contributed by atoms with Crippen molar-refractivity contribution in [2.45, 2.75) is 45.6 Å². The minimum absolute atomic E-state index is 0.204. The van der Waals surface area contributed by atoms with Crippen LogP contribution in [0.4, 0.5) is 11.4 Å². The Labute approximate surface area is 109 Å². The van der Waals surface area contributed by atoms with Crippen LogP contribution in [0.25, 0.3) is 0 Å². The molecule has 1 atom stereocenters. The summed E-state index contributed by atoms with van der Waals surface area (Å²) in [5.74, 6) is 0.232. The monoisotopic (exact) mass is 246 g/mol. The van der Waals surface area contributed by atoms with Gasteiger partial charge in [-0.25, -0.2) is 0 Å². The predicted octanol–water partition coefficient (Wildman–Crippen LogP) is 3.41. The Morgan fingerprint density at radius 2 is 2.11 bits per heavy atom. The molecule has 1 heterocycles. The average Bonchev–Trinajstić information content (AvgIpc) is 2.46. The molecule has 98 valence electrons. The second-order valence-electron chi connectivity index (χ2n) is 5.02. The Bertz CT molecular complexity index is 417. The number of nitrogens with zero attached hydrogens (tertiary/aromatic N) is 1. The van der Waals surface area contributed by atoms with Crippen LogP contribution in [-0.2, 0) is 4.79 Å². The van der Waals surface area contributed by atoms with Crippen molar-refractivity contribution in [3.05, 3.63) is 24.3 Å². The van der Waals surface area contributed by atoms with Gasteiger partial charge in [0.05, 0.1) is 11.4 Å². The molecule has 3 nitrogen and oxygen atoms in total. The second-order valence-corrected chi connectivity index (χ2v) is 5.02. The summed E-state index contributed by atoms with van der Waals surface area (Å²) in [7, 11) is 0. The predicted molar refractivity (Wildman–Crippen MR) is 76.0 cm³/mol. The van der Waals surface area contributed by atoms with Gasteiger partial charge in [-0.1, -0.05) is 31.9 Å². The van der Waals surface area contributed by atoms with Crippen LogP contribution in [0.5, 0.6) is 0 Å². The summed E-state index contributed by atoms with van der Waals surface area (Å²) in [4.78, 5) is 14.2. The van der Waals surface area contributed by atoms with Crippen LogP contribution in [0.3, 0.4) is 0 Å². The fraction of sp³-hybridized carbons (Fsp3) is 0.533. The number of carbonyl (C=O) groups excluding carboxylic acids is 1. The third-order valence-electron chi connectivity index (χ3n) is 3.36. The van der Waals surface area contributed by atoms with E-state index in [0.717, 1.165) is 24.3 Å². The van der Waals surface area contributed by atoms with Crippen LogP contribution in [0.15, 0.2) is 24.3 Å². The highest BCUT2D eigenvalue weighted by Gasteiger charge is 2.24. The summed E-state index contributed by atoms with van der Waals surface area (Å²) in [6.45, 7) is 5.07. The standard InChI is InChI=1S/C15H22N2O/c1-3-4-7-10-17-14-9-6-5-8-13(14)16-12(2)11-15(17)18/h5-6,8-9,12,16H,3-4,7,10-11H2,1-2H3/t12-/m0/s1. The summed E-state index contributed by atoms with van der Waals surface area (Å²) < 4.78 is 0. The van der Waals surface area contributed by atoms with Crippen molar-refractivity contribution in [3.63, 3.8) is 0 Å². The van der Waals surface area contributed by atoms with Crippen molar-refractivity contribution in [2.24, 2.45) is 0 Å². The van der Waals surface area contributed by atoms with Gasteiger partial charge in [0.15, 0.2) is 0 Å². The number of para-hydroxylation sites is 2. The van der Waals surface area contributed by atoms with E-state index in [-0.39, 0.29) is 11.9 Å². The zero-order valence-corrected chi connectivity index (χ0v) is 11.3. The summed E-state index contributed by atoms with van der Waals surface area (Å²) in [5, 5.41) is 3.41. The van der Waals surface area contributed by atoms with Crippen LogP contribution in [0.1, 0.15) is 39.5 Å². The molecule has 0 saturated heterocycles. The van der Waals surface area contributed by atoms with Crippen LogP contribution < -0.4 is 10.2 Å². The molecule has 3 heteroatoms. The SMILES string of the molecule is CCCCCN1C(=O)C[C@H](C)Nc2ccccc21. The van der Waals surface area contributed by atoms with Crippen molar-refractivity contribution in [1.29, 1.82) is 0 Å². The number of hydrogen-bond donors (Lipinski definition) is 1. The first-order valence-electron chi connectivity index (χ1n) is 6.88. The van der Waals surface area contributed by atoms with E-state index in [1.165, 1.54) is 12.8 Å². The summed E-state index contributed by atoms with van der Waals surface area (Å²) >= 11 is 0. The lowest BCUT2D eigenvalue weighted by molar-refractivity contribution is -0.118. The highest BCUT2D eigenvalue weighted by Crippen LogP contribution is 2.30. The number of nitrogens with one attached hydrogen (secondary N) is 1. The first-order valence-corrected chi connectivity index (χ1v) is 6.88. The third-order valence-corrected chi connectivity index (χ3v) is 3.36. The van der Waals surface area contributed by atoms with Gasteiger partial charge in [0, 0.05) is 19.0 Å². The van der Waals surface area contributed by atoms with E-state index >= 15 is 0 Å². The number of amides is 1. The highest BCUT2D eigenvalue weighted by atomic mass is 16.2. The van der Waals surface area contributed by atoms with E-state index in [2.05, 4.69) is 25.2 Å². The zero-order valence-electron chi connectivity index (χ0n) is 11.3. The summed E-state index contributed by atoms with van der Waals surface area (Å²) in [5.41, 5.74) is 2.11. The first kappa shape index (κ1) is 12.9. The lowest BCUT2D eigenvalue weighted by atomic mass is 10.2. The molecule has 0 bridgehead atoms. The Kier molecular flexibility index (Phi) is 4.24. The van der Waals surface area contributed by atoms with Gasteiger partial charge in [-0.3, -0.25) is 4.79 Å². The molecule has 1 aliphatic heterocycles. The minimum atomic E-state index is 0.204. The van der Waals surface area contributed by atoms with Crippen LogP contribution in [0.2, 0.25) is 0 Å². The molecule has 0 fully saturated rings. The summed E-state index contributed by atoms with van der Waals surface area (Å²) in [6.07, 6.45) is 4.00. The van der Waals surface area contributed by atoms with Gasteiger partial charge in [0.25, 0.3) is 0 Å². The summed E-state index contributed by atoms with van der Waals surface area (Å²) in [6, 6.07) is 8.30. The molecule has 0 radical (unpaired) electrons. The molecule has 1 amide bonds.